The summed E-state index contributed by atoms with van der Waals surface area (Å²) in [6, 6.07) is 12.7. The van der Waals surface area contributed by atoms with Crippen LogP contribution in [-0.2, 0) is 0 Å². The van der Waals surface area contributed by atoms with E-state index >= 15 is 0 Å². The van der Waals surface area contributed by atoms with Gasteiger partial charge in [-0.05, 0) is 42.6 Å². The van der Waals surface area contributed by atoms with Crippen molar-refractivity contribution in [2.24, 2.45) is 0 Å². The number of hydrogen-bond donors (Lipinski definition) is 2. The average molecular weight is 242 g/mol. The quantitative estimate of drug-likeness (QED) is 0.806. The molecule has 3 nitrogen and oxygen atoms in total. The van der Waals surface area contributed by atoms with Crippen molar-refractivity contribution >= 4 is 12.6 Å². The third-order valence-electron chi connectivity index (χ3n) is 2.78. The van der Waals surface area contributed by atoms with Gasteiger partial charge < -0.3 is 14.8 Å². The van der Waals surface area contributed by atoms with Crippen LogP contribution in [0.15, 0.2) is 42.5 Å². The average Bonchev–Trinajstić information content (AvgIpc) is 2.34. The van der Waals surface area contributed by atoms with E-state index in [1.807, 2.05) is 32.0 Å². The summed E-state index contributed by atoms with van der Waals surface area (Å²) in [5, 5.41) is 18.2. The molecule has 92 valence electrons. The Morgan fingerprint density at radius 1 is 0.944 bits per heavy atom. The van der Waals surface area contributed by atoms with E-state index in [0.29, 0.717) is 11.2 Å². The zero-order valence-corrected chi connectivity index (χ0v) is 10.4. The van der Waals surface area contributed by atoms with E-state index in [2.05, 4.69) is 0 Å². The Hall–Kier alpha value is -1.78. The lowest BCUT2D eigenvalue weighted by Gasteiger charge is -2.12. The molecule has 0 aromatic heterocycles. The van der Waals surface area contributed by atoms with Gasteiger partial charge in [0.05, 0.1) is 0 Å². The van der Waals surface area contributed by atoms with E-state index in [-0.39, 0.29) is 0 Å². The molecule has 0 heterocycles. The predicted molar refractivity (Wildman–Crippen MR) is 72.3 cm³/mol. The molecule has 0 saturated heterocycles. The predicted octanol–water partition coefficient (Wildman–Crippen LogP) is 1.78. The van der Waals surface area contributed by atoms with Crippen molar-refractivity contribution in [2.45, 2.75) is 13.8 Å². The second-order valence-corrected chi connectivity index (χ2v) is 4.27. The van der Waals surface area contributed by atoms with Crippen molar-refractivity contribution < 1.29 is 14.8 Å². The first-order chi connectivity index (χ1) is 8.58. The number of ether oxygens (including phenoxy) is 1. The third-order valence-corrected chi connectivity index (χ3v) is 2.78. The van der Waals surface area contributed by atoms with Crippen molar-refractivity contribution in [3.05, 3.63) is 53.6 Å². The Morgan fingerprint density at radius 3 is 2.17 bits per heavy atom. The summed E-state index contributed by atoms with van der Waals surface area (Å²) in [5.74, 6) is 1.40. The Balaban J connectivity index is 2.31. The maximum absolute atomic E-state index is 9.12. The molecule has 0 radical (unpaired) electrons. The van der Waals surface area contributed by atoms with Gasteiger partial charge in [0.25, 0.3) is 0 Å². The van der Waals surface area contributed by atoms with E-state index in [9.17, 15) is 0 Å². The van der Waals surface area contributed by atoms with E-state index in [1.54, 1.807) is 24.3 Å². The van der Waals surface area contributed by atoms with Crippen LogP contribution in [-0.4, -0.2) is 17.2 Å². The molecule has 0 fully saturated rings. The Morgan fingerprint density at radius 2 is 1.56 bits per heavy atom. The van der Waals surface area contributed by atoms with Gasteiger partial charge in [0.2, 0.25) is 0 Å². The fraction of sp³-hybridized carbons (Fsp3) is 0.143. The van der Waals surface area contributed by atoms with Crippen LogP contribution in [0.2, 0.25) is 0 Å². The van der Waals surface area contributed by atoms with Crippen molar-refractivity contribution in [3.8, 4) is 11.5 Å². The van der Waals surface area contributed by atoms with Crippen LogP contribution in [0.4, 0.5) is 0 Å². The number of benzene rings is 2. The number of aryl methyl sites for hydroxylation is 2. The molecule has 2 aromatic rings. The molecular formula is C14H15BO3. The molecule has 0 atom stereocenters. The molecule has 0 saturated carbocycles. The monoisotopic (exact) mass is 242 g/mol. The van der Waals surface area contributed by atoms with Gasteiger partial charge in [0.15, 0.2) is 0 Å². The zero-order valence-electron chi connectivity index (χ0n) is 10.4. The van der Waals surface area contributed by atoms with Crippen LogP contribution in [0.3, 0.4) is 0 Å². The molecule has 0 aliphatic heterocycles. The van der Waals surface area contributed by atoms with Crippen molar-refractivity contribution in [1.82, 2.24) is 0 Å². The fourth-order valence-corrected chi connectivity index (χ4v) is 1.82. The molecular weight excluding hydrogens is 227 g/mol. The van der Waals surface area contributed by atoms with E-state index < -0.39 is 7.12 Å². The highest BCUT2D eigenvalue weighted by molar-refractivity contribution is 6.58. The van der Waals surface area contributed by atoms with Crippen molar-refractivity contribution in [2.75, 3.05) is 0 Å². The number of para-hydroxylation sites is 1. The minimum atomic E-state index is -1.48. The van der Waals surface area contributed by atoms with Crippen LogP contribution in [0.5, 0.6) is 11.5 Å². The SMILES string of the molecule is Cc1cccc(C)c1Oc1cccc(B(O)O)c1. The van der Waals surface area contributed by atoms with Gasteiger partial charge in [-0.2, -0.15) is 0 Å². The molecule has 0 aliphatic rings. The lowest BCUT2D eigenvalue weighted by atomic mass is 9.80. The minimum Gasteiger partial charge on any atom is -0.457 e. The van der Waals surface area contributed by atoms with Crippen LogP contribution in [0.25, 0.3) is 0 Å². The summed E-state index contributed by atoms with van der Waals surface area (Å²) in [6.45, 7) is 3.96. The molecule has 0 aliphatic carbocycles. The highest BCUT2D eigenvalue weighted by Gasteiger charge is 2.12. The van der Waals surface area contributed by atoms with Gasteiger partial charge in [-0.25, -0.2) is 0 Å². The maximum Gasteiger partial charge on any atom is 0.488 e. The Kier molecular flexibility index (Phi) is 3.70. The summed E-state index contributed by atoms with van der Waals surface area (Å²) in [7, 11) is -1.48. The molecule has 18 heavy (non-hydrogen) atoms. The smallest absolute Gasteiger partial charge is 0.457 e. The van der Waals surface area contributed by atoms with Crippen LogP contribution >= 0.6 is 0 Å². The molecule has 0 unspecified atom stereocenters. The van der Waals surface area contributed by atoms with Gasteiger partial charge in [0.1, 0.15) is 11.5 Å². The summed E-state index contributed by atoms with van der Waals surface area (Å²) >= 11 is 0. The summed E-state index contributed by atoms with van der Waals surface area (Å²) in [6.07, 6.45) is 0. The molecule has 0 spiro atoms. The van der Waals surface area contributed by atoms with Gasteiger partial charge in [-0.1, -0.05) is 30.3 Å². The van der Waals surface area contributed by atoms with Crippen LogP contribution in [0.1, 0.15) is 11.1 Å². The highest BCUT2D eigenvalue weighted by Crippen LogP contribution is 2.27. The molecule has 2 rings (SSSR count). The molecule has 4 heteroatoms. The standard InChI is InChI=1S/C14H15BO3/c1-10-5-3-6-11(2)14(10)18-13-8-4-7-12(9-13)15(16)17/h3-9,16-17H,1-2H3. The molecule has 2 aromatic carbocycles. The summed E-state index contributed by atoms with van der Waals surface area (Å²) < 4.78 is 5.81. The minimum absolute atomic E-state index is 0.415. The van der Waals surface area contributed by atoms with Gasteiger partial charge in [-0.3, -0.25) is 0 Å². The van der Waals surface area contributed by atoms with E-state index in [0.717, 1.165) is 16.9 Å². The number of hydrogen-bond acceptors (Lipinski definition) is 3. The first kappa shape index (κ1) is 12.7. The topological polar surface area (TPSA) is 49.7 Å². The fourth-order valence-electron chi connectivity index (χ4n) is 1.82. The summed E-state index contributed by atoms with van der Waals surface area (Å²) in [4.78, 5) is 0. The Bertz CT molecular complexity index is 532. The second-order valence-electron chi connectivity index (χ2n) is 4.27. The third kappa shape index (κ3) is 2.72. The zero-order chi connectivity index (χ0) is 13.1. The van der Waals surface area contributed by atoms with E-state index in [1.165, 1.54) is 0 Å². The van der Waals surface area contributed by atoms with Crippen LogP contribution < -0.4 is 10.2 Å². The first-order valence-electron chi connectivity index (χ1n) is 5.78. The lowest BCUT2D eigenvalue weighted by Crippen LogP contribution is -2.29. The first-order valence-corrected chi connectivity index (χ1v) is 5.78. The normalized spacial score (nSPS) is 10.2. The van der Waals surface area contributed by atoms with Gasteiger partial charge in [0, 0.05) is 0 Å². The molecule has 2 N–H and O–H groups in total. The second kappa shape index (κ2) is 5.25. The highest BCUT2D eigenvalue weighted by atomic mass is 16.5. The van der Waals surface area contributed by atoms with Gasteiger partial charge >= 0.3 is 7.12 Å². The number of rotatable bonds is 3. The maximum atomic E-state index is 9.12. The molecule has 0 amide bonds. The van der Waals surface area contributed by atoms with E-state index in [4.69, 9.17) is 14.8 Å². The van der Waals surface area contributed by atoms with Crippen molar-refractivity contribution in [3.63, 3.8) is 0 Å². The summed E-state index contributed by atoms with van der Waals surface area (Å²) in [5.41, 5.74) is 2.51. The van der Waals surface area contributed by atoms with Gasteiger partial charge in [-0.15, -0.1) is 0 Å². The molecule has 0 bridgehead atoms. The lowest BCUT2D eigenvalue weighted by molar-refractivity contribution is 0.425. The Labute approximate surface area is 107 Å². The van der Waals surface area contributed by atoms with Crippen LogP contribution in [0, 0.1) is 13.8 Å². The van der Waals surface area contributed by atoms with Crippen molar-refractivity contribution in [1.29, 1.82) is 0 Å². The largest absolute Gasteiger partial charge is 0.488 e.